The average Bonchev–Trinajstić information content (AvgIpc) is 2.66. The van der Waals surface area contributed by atoms with Crippen molar-refractivity contribution in [2.75, 3.05) is 20.8 Å². The van der Waals surface area contributed by atoms with Gasteiger partial charge in [-0.15, -0.1) is 0 Å². The van der Waals surface area contributed by atoms with E-state index in [1.54, 1.807) is 47.1 Å². The van der Waals surface area contributed by atoms with Gasteiger partial charge in [-0.3, -0.25) is 0 Å². The van der Waals surface area contributed by atoms with Crippen LogP contribution in [-0.4, -0.2) is 32.4 Å². The van der Waals surface area contributed by atoms with Crippen molar-refractivity contribution in [2.45, 2.75) is 45.6 Å². The first-order chi connectivity index (χ1) is 13.7. The highest BCUT2D eigenvalue weighted by atomic mass is 19.1. The molecule has 2 aromatic carbocycles. The minimum absolute atomic E-state index is 0.0551. The molecule has 0 aliphatic rings. The summed E-state index contributed by atoms with van der Waals surface area (Å²) in [6.45, 7) is 4.98. The third-order valence-corrected chi connectivity index (χ3v) is 4.14. The van der Waals surface area contributed by atoms with Crippen LogP contribution in [0.3, 0.4) is 0 Å². The average molecular weight is 404 g/mol. The van der Waals surface area contributed by atoms with Crippen LogP contribution in [0.5, 0.6) is 17.2 Å². The minimum atomic E-state index is -0.606. The van der Waals surface area contributed by atoms with Crippen LogP contribution in [0, 0.1) is 5.82 Å². The molecular formula is C23H29FO5. The van der Waals surface area contributed by atoms with Gasteiger partial charge in [0.15, 0.2) is 29.7 Å². The number of ether oxygens (including phenoxy) is 4. The van der Waals surface area contributed by atoms with Gasteiger partial charge in [-0.1, -0.05) is 12.1 Å². The summed E-state index contributed by atoms with van der Waals surface area (Å²) in [6, 6.07) is 10.6. The first-order valence-electron chi connectivity index (χ1n) is 9.56. The molecule has 2 rings (SSSR count). The fraction of sp³-hybridized carbons (Fsp3) is 0.435. The van der Waals surface area contributed by atoms with Crippen LogP contribution in [-0.2, 0) is 22.4 Å². The van der Waals surface area contributed by atoms with Crippen molar-refractivity contribution in [3.63, 3.8) is 0 Å². The maximum atomic E-state index is 14.0. The second-order valence-electron chi connectivity index (χ2n) is 7.68. The van der Waals surface area contributed by atoms with Crippen molar-refractivity contribution in [3.05, 3.63) is 53.3 Å². The Morgan fingerprint density at radius 3 is 2.07 bits per heavy atom. The summed E-state index contributed by atoms with van der Waals surface area (Å²) < 4.78 is 35.1. The minimum Gasteiger partial charge on any atom is -0.493 e. The van der Waals surface area contributed by atoms with Crippen LogP contribution in [0.2, 0.25) is 0 Å². The van der Waals surface area contributed by atoms with Gasteiger partial charge in [0, 0.05) is 0 Å². The van der Waals surface area contributed by atoms with E-state index in [0.717, 1.165) is 30.4 Å². The molecule has 0 saturated carbocycles. The molecule has 158 valence electrons. The predicted molar refractivity (Wildman–Crippen MR) is 109 cm³/mol. The third kappa shape index (κ3) is 7.29. The highest BCUT2D eigenvalue weighted by molar-refractivity contribution is 5.71. The fourth-order valence-corrected chi connectivity index (χ4v) is 2.85. The second kappa shape index (κ2) is 10.1. The largest absolute Gasteiger partial charge is 0.493 e. The molecule has 0 bridgehead atoms. The summed E-state index contributed by atoms with van der Waals surface area (Å²) in [6.07, 6.45) is 2.45. The smallest absolute Gasteiger partial charge is 0.344 e. The molecule has 5 nitrogen and oxygen atoms in total. The number of halogens is 1. The molecule has 0 fully saturated rings. The normalized spacial score (nSPS) is 11.1. The van der Waals surface area contributed by atoms with Gasteiger partial charge in [-0.25, -0.2) is 9.18 Å². The Kier molecular flexibility index (Phi) is 7.88. The number of hydrogen-bond donors (Lipinski definition) is 0. The van der Waals surface area contributed by atoms with Gasteiger partial charge in [0.05, 0.1) is 14.2 Å². The Morgan fingerprint density at radius 2 is 1.48 bits per heavy atom. The van der Waals surface area contributed by atoms with Crippen LogP contribution in [0.4, 0.5) is 4.39 Å². The molecule has 0 radical (unpaired) electrons. The van der Waals surface area contributed by atoms with Crippen molar-refractivity contribution in [2.24, 2.45) is 0 Å². The van der Waals surface area contributed by atoms with Crippen molar-refractivity contribution >= 4 is 5.97 Å². The molecule has 0 saturated heterocycles. The van der Waals surface area contributed by atoms with Crippen LogP contribution in [0.15, 0.2) is 36.4 Å². The van der Waals surface area contributed by atoms with E-state index in [2.05, 4.69) is 0 Å². The Bertz CT molecular complexity index is 827. The number of aryl methyl sites for hydroxylation is 2. The van der Waals surface area contributed by atoms with Crippen molar-refractivity contribution in [1.82, 2.24) is 0 Å². The monoisotopic (exact) mass is 404 g/mol. The molecule has 0 aliphatic carbocycles. The number of hydrogen-bond acceptors (Lipinski definition) is 5. The molecule has 0 amide bonds. The molecule has 0 atom stereocenters. The summed E-state index contributed by atoms with van der Waals surface area (Å²) in [5.41, 5.74) is 1.46. The van der Waals surface area contributed by atoms with Gasteiger partial charge in [0.25, 0.3) is 0 Å². The number of methoxy groups -OCH3 is 2. The van der Waals surface area contributed by atoms with Crippen LogP contribution in [0.25, 0.3) is 0 Å². The van der Waals surface area contributed by atoms with Crippen LogP contribution < -0.4 is 14.2 Å². The van der Waals surface area contributed by atoms with Crippen molar-refractivity contribution < 1.29 is 28.1 Å². The number of esters is 1. The van der Waals surface area contributed by atoms with E-state index < -0.39 is 17.4 Å². The van der Waals surface area contributed by atoms with E-state index in [0.29, 0.717) is 11.5 Å². The molecular weight excluding hydrogens is 375 g/mol. The maximum Gasteiger partial charge on any atom is 0.344 e. The number of benzene rings is 2. The number of rotatable bonds is 9. The summed E-state index contributed by atoms with van der Waals surface area (Å²) >= 11 is 0. The summed E-state index contributed by atoms with van der Waals surface area (Å²) in [5.74, 6) is 0.415. The van der Waals surface area contributed by atoms with Gasteiger partial charge >= 0.3 is 5.97 Å². The molecule has 0 aromatic heterocycles. The van der Waals surface area contributed by atoms with E-state index in [9.17, 15) is 9.18 Å². The maximum absolute atomic E-state index is 14.0. The molecule has 29 heavy (non-hydrogen) atoms. The zero-order valence-electron chi connectivity index (χ0n) is 17.7. The van der Waals surface area contributed by atoms with Gasteiger partial charge in [0.2, 0.25) is 0 Å². The van der Waals surface area contributed by atoms with E-state index >= 15 is 0 Å². The fourth-order valence-electron chi connectivity index (χ4n) is 2.85. The summed E-state index contributed by atoms with van der Waals surface area (Å²) in [5, 5.41) is 0. The Labute approximate surface area is 171 Å². The van der Waals surface area contributed by atoms with Gasteiger partial charge < -0.3 is 18.9 Å². The predicted octanol–water partition coefficient (Wildman–Crippen LogP) is 4.74. The third-order valence-electron chi connectivity index (χ3n) is 4.14. The van der Waals surface area contributed by atoms with Gasteiger partial charge in [-0.2, -0.15) is 0 Å². The van der Waals surface area contributed by atoms with E-state index in [1.165, 1.54) is 6.07 Å². The first-order valence-corrected chi connectivity index (χ1v) is 9.56. The molecule has 0 aliphatic heterocycles. The zero-order valence-corrected chi connectivity index (χ0v) is 17.7. The lowest BCUT2D eigenvalue weighted by Gasteiger charge is -2.19. The van der Waals surface area contributed by atoms with E-state index in [-0.39, 0.29) is 12.4 Å². The summed E-state index contributed by atoms with van der Waals surface area (Å²) in [4.78, 5) is 11.8. The highest BCUT2D eigenvalue weighted by Crippen LogP contribution is 2.28. The standard InChI is InChI=1S/C23H29FO5/c1-23(2,3)29-22(25)15-28-20-13-16(9-11-18(20)24)7-6-8-17-10-12-19(26-4)21(14-17)27-5/h9-14H,6-8,15H2,1-5H3. The van der Waals surface area contributed by atoms with Crippen LogP contribution in [0.1, 0.15) is 38.3 Å². The Balaban J connectivity index is 1.92. The summed E-state index contributed by atoms with van der Waals surface area (Å²) in [7, 11) is 3.22. The van der Waals surface area contributed by atoms with E-state index in [4.69, 9.17) is 18.9 Å². The van der Waals surface area contributed by atoms with Crippen molar-refractivity contribution in [3.8, 4) is 17.2 Å². The van der Waals surface area contributed by atoms with Crippen LogP contribution >= 0.6 is 0 Å². The number of carbonyl (C=O) groups is 1. The Morgan fingerprint density at radius 1 is 0.897 bits per heavy atom. The topological polar surface area (TPSA) is 54.0 Å². The SMILES string of the molecule is COc1ccc(CCCc2ccc(F)c(OCC(=O)OC(C)(C)C)c2)cc1OC. The lowest BCUT2D eigenvalue weighted by atomic mass is 10.0. The van der Waals surface area contributed by atoms with Gasteiger partial charge in [-0.05, 0) is 75.4 Å². The Hall–Kier alpha value is -2.76. The van der Waals surface area contributed by atoms with Crippen molar-refractivity contribution in [1.29, 1.82) is 0 Å². The molecule has 0 unspecified atom stereocenters. The second-order valence-corrected chi connectivity index (χ2v) is 7.68. The molecule has 0 spiro atoms. The lowest BCUT2D eigenvalue weighted by Crippen LogP contribution is -2.27. The molecule has 6 heteroatoms. The van der Waals surface area contributed by atoms with Gasteiger partial charge in [0.1, 0.15) is 5.60 Å². The lowest BCUT2D eigenvalue weighted by molar-refractivity contribution is -0.157. The molecule has 0 N–H and O–H groups in total. The number of carbonyl (C=O) groups excluding carboxylic acids is 1. The van der Waals surface area contributed by atoms with E-state index in [1.807, 2.05) is 18.2 Å². The molecule has 2 aromatic rings. The highest BCUT2D eigenvalue weighted by Gasteiger charge is 2.17. The quantitative estimate of drug-likeness (QED) is 0.565. The first kappa shape index (κ1) is 22.5. The zero-order chi connectivity index (χ0) is 21.4. The molecule has 0 heterocycles.